The second-order valence-corrected chi connectivity index (χ2v) is 18.9. The number of primary amides is 1. The Bertz CT molecular complexity index is 4330. The monoisotopic (exact) mass is 1300 g/mol. The van der Waals surface area contributed by atoms with Gasteiger partial charge in [0.2, 0.25) is 0 Å². The summed E-state index contributed by atoms with van der Waals surface area (Å²) in [7, 11) is 0. The standard InChI is InChI=1S/C21H16N4O.C21H14N4.C9H4BrN3.C8H4BrClN2.2CN.CH4.H2O2.Zn/c1-13-5-4-8-17(24-13)16-7-3-2-6-15(16)14-9-10-18-19(11-14)25-20(12-23-18)21(22)26;1-14-5-4-8-19(24-14)18-7-3-2-6-17(18)15-9-10-20-21(11-15)25-16(12-22)13-23-20;10-6-1-2-8-9(3-6)13-7(4-11)5-12-8;9-5-1-2-6-7(3-5)12-8(10)4-11-6;2*1-2;;1-2;/h2-12H,1H3,(H2,22,26);2-11,13H,1H3;1-3,5H;1-4H;;;1H4;1-2H;/q;;;;2*-1;;;+2. The van der Waals surface area contributed by atoms with E-state index in [1.54, 1.807) is 0 Å². The number of fused-ring (bicyclic) bond motifs is 4. The Morgan fingerprint density at radius 3 is 1.26 bits per heavy atom. The Morgan fingerprint density at radius 2 is 0.845 bits per heavy atom. The van der Waals surface area contributed by atoms with Crippen LogP contribution in [-0.4, -0.2) is 66.3 Å². The summed E-state index contributed by atoms with van der Waals surface area (Å²) in [4.78, 5) is 54.3. The van der Waals surface area contributed by atoms with Crippen molar-refractivity contribution < 1.29 is 34.8 Å². The van der Waals surface area contributed by atoms with E-state index in [1.807, 2.05) is 172 Å². The molecule has 408 valence electrons. The zero-order valence-corrected chi connectivity index (χ0v) is 50.7. The quantitative estimate of drug-likeness (QED) is 0.0624. The van der Waals surface area contributed by atoms with Gasteiger partial charge in [0.15, 0.2) is 11.4 Å². The Kier molecular flexibility index (Phi) is 26.4. The van der Waals surface area contributed by atoms with Crippen molar-refractivity contribution in [1.29, 1.82) is 21.0 Å². The molecule has 12 aromatic rings. The van der Waals surface area contributed by atoms with Crippen molar-refractivity contribution in [3.05, 3.63) is 238 Å². The fraction of sp³-hybridized carbons (Fsp3) is 0.0484. The number of carbonyl (C=O) groups excluding carboxylic acids is 1. The minimum atomic E-state index is -0.589. The van der Waals surface area contributed by atoms with Gasteiger partial charge in [0.1, 0.15) is 23.0 Å². The normalized spacial score (nSPS) is 9.63. The van der Waals surface area contributed by atoms with E-state index >= 15 is 0 Å². The molecule has 0 aliphatic heterocycles. The number of pyridine rings is 2. The predicted octanol–water partition coefficient (Wildman–Crippen LogP) is 14.5. The van der Waals surface area contributed by atoms with E-state index in [9.17, 15) is 4.79 Å². The van der Waals surface area contributed by atoms with E-state index in [0.717, 1.165) is 92.7 Å². The molecule has 0 unspecified atom stereocenters. The molecule has 0 saturated carbocycles. The molecule has 22 heteroatoms. The van der Waals surface area contributed by atoms with Crippen LogP contribution in [0.15, 0.2) is 191 Å². The summed E-state index contributed by atoms with van der Waals surface area (Å²) in [5.74, 6) is -0.589. The van der Waals surface area contributed by atoms with Crippen LogP contribution >= 0.6 is 43.5 Å². The molecule has 6 aromatic heterocycles. The predicted molar refractivity (Wildman–Crippen MR) is 325 cm³/mol. The summed E-state index contributed by atoms with van der Waals surface area (Å²) in [6, 6.07) is 55.2. The van der Waals surface area contributed by atoms with Gasteiger partial charge in [-0.3, -0.25) is 45.2 Å². The van der Waals surface area contributed by atoms with Gasteiger partial charge in [0, 0.05) is 31.5 Å². The van der Waals surface area contributed by atoms with Gasteiger partial charge in [-0.2, -0.15) is 10.5 Å². The summed E-state index contributed by atoms with van der Waals surface area (Å²) >= 11 is 12.4. The molecule has 0 bridgehead atoms. The van der Waals surface area contributed by atoms with Crippen molar-refractivity contribution in [2.75, 3.05) is 0 Å². The Balaban J connectivity index is 0.000000242. The summed E-state index contributed by atoms with van der Waals surface area (Å²) in [6.45, 7) is 13.5. The number of nitriles is 2. The first-order valence-electron chi connectivity index (χ1n) is 23.8. The number of rotatable bonds is 5. The molecule has 0 aliphatic carbocycles. The summed E-state index contributed by atoms with van der Waals surface area (Å²) in [5.41, 5.74) is 22.2. The molecule has 18 nitrogen and oxygen atoms in total. The van der Waals surface area contributed by atoms with Crippen molar-refractivity contribution in [3.8, 4) is 56.9 Å². The maximum absolute atomic E-state index is 11.4. The number of nitrogens with zero attached hydrogens (tertiary/aromatic N) is 14. The van der Waals surface area contributed by atoms with Gasteiger partial charge in [-0.25, -0.2) is 19.9 Å². The van der Waals surface area contributed by atoms with Crippen molar-refractivity contribution in [3.63, 3.8) is 0 Å². The van der Waals surface area contributed by atoms with Gasteiger partial charge in [0.05, 0.1) is 80.3 Å². The number of halogens is 3. The van der Waals surface area contributed by atoms with Crippen molar-refractivity contribution in [2.45, 2.75) is 21.3 Å². The zero-order chi connectivity index (χ0) is 59.1. The topological polar surface area (TPSA) is 308 Å². The molecule has 6 heterocycles. The fourth-order valence-electron chi connectivity index (χ4n) is 7.83. The number of aromatic nitrogens is 10. The maximum atomic E-state index is 11.4. The molecule has 1 amide bonds. The minimum absolute atomic E-state index is 0. The van der Waals surface area contributed by atoms with E-state index in [-0.39, 0.29) is 32.6 Å². The largest absolute Gasteiger partial charge is 2.00 e. The third-order valence-electron chi connectivity index (χ3n) is 11.3. The van der Waals surface area contributed by atoms with Gasteiger partial charge in [-0.1, -0.05) is 124 Å². The Morgan fingerprint density at radius 1 is 0.476 bits per heavy atom. The third-order valence-corrected chi connectivity index (χ3v) is 12.5. The van der Waals surface area contributed by atoms with E-state index in [1.165, 1.54) is 24.8 Å². The maximum Gasteiger partial charge on any atom is 2.00 e. The van der Waals surface area contributed by atoms with Crippen LogP contribution in [0.5, 0.6) is 0 Å². The van der Waals surface area contributed by atoms with Crippen LogP contribution in [-0.2, 0) is 19.5 Å². The summed E-state index contributed by atoms with van der Waals surface area (Å²) in [5, 5.41) is 42.6. The van der Waals surface area contributed by atoms with E-state index in [4.69, 9.17) is 62.0 Å². The first-order valence-corrected chi connectivity index (χ1v) is 25.7. The number of hydrogen-bond acceptors (Lipinski definition) is 17. The van der Waals surface area contributed by atoms with Crippen LogP contribution in [0.4, 0.5) is 0 Å². The molecule has 0 radical (unpaired) electrons. The molecule has 84 heavy (non-hydrogen) atoms. The van der Waals surface area contributed by atoms with Crippen LogP contribution < -0.4 is 5.73 Å². The molecule has 6 aromatic carbocycles. The fourth-order valence-corrected chi connectivity index (χ4v) is 8.67. The number of benzene rings is 6. The molecule has 0 atom stereocenters. The Hall–Kier alpha value is -9.80. The van der Waals surface area contributed by atoms with Gasteiger partial charge < -0.3 is 29.4 Å². The molecule has 0 fully saturated rings. The first-order chi connectivity index (χ1) is 39.9. The minimum Gasteiger partial charge on any atom is -0.512 e. The van der Waals surface area contributed by atoms with Gasteiger partial charge in [-0.15, -0.1) is 0 Å². The number of aryl methyl sites for hydroxylation is 2. The van der Waals surface area contributed by atoms with Gasteiger partial charge >= 0.3 is 19.5 Å². The van der Waals surface area contributed by atoms with Crippen LogP contribution in [0.25, 0.3) is 88.9 Å². The SMILES string of the molecule is C.Cc1cccc(-c2ccccc2-c2ccc3ncc(C#N)nc3c2)n1.Cc1cccc(-c2ccccc2-c2ccc3ncc(C(N)=O)nc3c2)n1.Clc1cnc2ccc(Br)cc2n1.N#Cc1cnc2ccc(Br)cc2n1.OO.[C-]#N.[C-]#N.[Zn+2]. The zero-order valence-electron chi connectivity index (χ0n) is 43.8. The molecule has 0 aliphatic rings. The molecule has 0 spiro atoms. The van der Waals surface area contributed by atoms with Crippen LogP contribution in [0.1, 0.15) is 40.7 Å². The first kappa shape index (κ1) is 66.7. The molecule has 12 rings (SSSR count). The van der Waals surface area contributed by atoms with Crippen molar-refractivity contribution >= 4 is 93.5 Å². The third kappa shape index (κ3) is 17.6. The van der Waals surface area contributed by atoms with Crippen LogP contribution in [0.3, 0.4) is 0 Å². The van der Waals surface area contributed by atoms with E-state index in [0.29, 0.717) is 33.1 Å². The molecular formula is C62H44Br2ClN15O3Zn. The van der Waals surface area contributed by atoms with Crippen LogP contribution in [0.2, 0.25) is 5.15 Å². The number of nitrogens with two attached hydrogens (primary N) is 1. The number of amides is 1. The molecule has 0 saturated heterocycles. The van der Waals surface area contributed by atoms with Crippen molar-refractivity contribution in [1.82, 2.24) is 49.8 Å². The number of hydrogen-bond donors (Lipinski definition) is 3. The van der Waals surface area contributed by atoms with Crippen molar-refractivity contribution in [2.24, 2.45) is 5.73 Å². The Labute approximate surface area is 517 Å². The second-order valence-electron chi connectivity index (χ2n) is 16.6. The average Bonchev–Trinajstić information content (AvgIpc) is 2.76. The smallest absolute Gasteiger partial charge is 0.512 e. The summed E-state index contributed by atoms with van der Waals surface area (Å²) < 4.78 is 1.91. The number of carbonyl (C=O) groups is 1. The summed E-state index contributed by atoms with van der Waals surface area (Å²) in [6.07, 6.45) is 5.90. The van der Waals surface area contributed by atoms with Gasteiger partial charge in [0.25, 0.3) is 5.91 Å². The van der Waals surface area contributed by atoms with Gasteiger partial charge in [-0.05, 0) is 121 Å². The molecular weight excluding hydrogens is 1260 g/mol. The second kappa shape index (κ2) is 33.2. The van der Waals surface area contributed by atoms with Crippen LogP contribution in [0, 0.1) is 60.2 Å². The average molecular weight is 1310 g/mol. The van der Waals surface area contributed by atoms with E-state index in [2.05, 4.69) is 93.8 Å². The van der Waals surface area contributed by atoms with E-state index < -0.39 is 5.91 Å². The molecule has 4 N–H and O–H groups in total.